The summed E-state index contributed by atoms with van der Waals surface area (Å²) in [5.41, 5.74) is 0. The molecule has 3 rings (SSSR count). The van der Waals surface area contributed by atoms with E-state index in [1.54, 1.807) is 20.8 Å². The van der Waals surface area contributed by atoms with Crippen LogP contribution < -0.4 is 0 Å². The highest BCUT2D eigenvalue weighted by Gasteiger charge is 2.45. The Kier molecular flexibility index (Phi) is 8.27. The van der Waals surface area contributed by atoms with Crippen molar-refractivity contribution >= 4 is 5.97 Å². The van der Waals surface area contributed by atoms with Gasteiger partial charge in [0.1, 0.15) is 12.2 Å². The average molecular weight is 450 g/mol. The third-order valence-corrected chi connectivity index (χ3v) is 5.86. The fraction of sp³-hybridized carbons (Fsp3) is 0.950. The van der Waals surface area contributed by atoms with Crippen molar-refractivity contribution in [1.29, 1.82) is 0 Å². The molecule has 180 valence electrons. The number of rotatable bonds is 5. The predicted octanol–water partition coefficient (Wildman–Crippen LogP) is -0.832. The zero-order valence-corrected chi connectivity index (χ0v) is 18.2. The van der Waals surface area contributed by atoms with Gasteiger partial charge in [0, 0.05) is 26.2 Å². The maximum absolute atomic E-state index is 11.2. The lowest BCUT2D eigenvalue weighted by Crippen LogP contribution is -2.56. The molecule has 3 aliphatic heterocycles. The Balaban J connectivity index is 1.53. The van der Waals surface area contributed by atoms with E-state index in [0.717, 1.165) is 0 Å². The van der Waals surface area contributed by atoms with E-state index in [1.165, 1.54) is 6.92 Å². The van der Waals surface area contributed by atoms with E-state index in [1.807, 2.05) is 0 Å². The first-order valence-corrected chi connectivity index (χ1v) is 10.7. The summed E-state index contributed by atoms with van der Waals surface area (Å²) < 4.78 is 33.7. The van der Waals surface area contributed by atoms with Gasteiger partial charge in [-0.1, -0.05) is 0 Å². The lowest BCUT2D eigenvalue weighted by atomic mass is 9.99. The van der Waals surface area contributed by atoms with Crippen LogP contribution in [0.5, 0.6) is 0 Å². The Morgan fingerprint density at radius 1 is 0.710 bits per heavy atom. The van der Waals surface area contributed by atoms with Crippen LogP contribution in [0.2, 0.25) is 0 Å². The number of aliphatic hydroxyl groups is 4. The van der Waals surface area contributed by atoms with Gasteiger partial charge in [0.05, 0.1) is 36.6 Å². The van der Waals surface area contributed by atoms with Crippen molar-refractivity contribution in [2.24, 2.45) is 0 Å². The zero-order chi connectivity index (χ0) is 22.9. The molecule has 0 spiro atoms. The lowest BCUT2D eigenvalue weighted by molar-refractivity contribution is -0.331. The molecular weight excluding hydrogens is 416 g/mol. The van der Waals surface area contributed by atoms with E-state index in [9.17, 15) is 25.2 Å². The monoisotopic (exact) mass is 450 g/mol. The molecule has 0 unspecified atom stereocenters. The first-order valence-electron chi connectivity index (χ1n) is 10.7. The van der Waals surface area contributed by atoms with E-state index in [-0.39, 0.29) is 19.3 Å². The minimum Gasteiger partial charge on any atom is -0.457 e. The summed E-state index contributed by atoms with van der Waals surface area (Å²) in [5, 5.41) is 40.7. The van der Waals surface area contributed by atoms with Gasteiger partial charge in [0.15, 0.2) is 25.0 Å². The van der Waals surface area contributed by atoms with Crippen LogP contribution in [0.15, 0.2) is 0 Å². The fourth-order valence-corrected chi connectivity index (χ4v) is 4.36. The second-order valence-electron chi connectivity index (χ2n) is 8.52. The van der Waals surface area contributed by atoms with Gasteiger partial charge in [-0.3, -0.25) is 4.79 Å². The summed E-state index contributed by atoms with van der Waals surface area (Å²) in [5.74, 6) is -0.507. The van der Waals surface area contributed by atoms with Crippen LogP contribution >= 0.6 is 0 Å². The highest BCUT2D eigenvalue weighted by molar-refractivity contribution is 5.66. The molecule has 0 saturated carbocycles. The molecule has 3 saturated heterocycles. The Bertz CT molecular complexity index is 568. The molecule has 0 aromatic rings. The second-order valence-corrected chi connectivity index (χ2v) is 8.52. The Labute approximate surface area is 181 Å². The third kappa shape index (κ3) is 6.12. The molecule has 0 bridgehead atoms. The van der Waals surface area contributed by atoms with E-state index in [0.29, 0.717) is 0 Å². The topological polar surface area (TPSA) is 153 Å². The average Bonchev–Trinajstić information content (AvgIpc) is 2.64. The number of esters is 1. The minimum absolute atomic E-state index is 0.0272. The van der Waals surface area contributed by atoms with Crippen molar-refractivity contribution in [1.82, 2.24) is 0 Å². The molecular formula is C20H34O11. The number of ether oxygens (including phenoxy) is 6. The largest absolute Gasteiger partial charge is 0.457 e. The quantitative estimate of drug-likeness (QED) is 0.388. The van der Waals surface area contributed by atoms with Crippen molar-refractivity contribution < 1.29 is 53.6 Å². The molecule has 11 heteroatoms. The van der Waals surface area contributed by atoms with Crippen molar-refractivity contribution in [2.75, 3.05) is 0 Å². The maximum atomic E-state index is 11.2. The summed E-state index contributed by atoms with van der Waals surface area (Å²) >= 11 is 0. The van der Waals surface area contributed by atoms with Crippen LogP contribution in [0.25, 0.3) is 0 Å². The van der Waals surface area contributed by atoms with Crippen LogP contribution in [0.4, 0.5) is 0 Å². The molecule has 4 N–H and O–H groups in total. The Morgan fingerprint density at radius 3 is 1.55 bits per heavy atom. The van der Waals surface area contributed by atoms with Crippen LogP contribution in [0, 0.1) is 0 Å². The zero-order valence-electron chi connectivity index (χ0n) is 18.2. The van der Waals surface area contributed by atoms with Crippen molar-refractivity contribution in [2.45, 2.75) is 121 Å². The standard InChI is InChI=1S/C20H34O11/c1-8-19(12(22)5-15(25)26-8)30-17-7-14(24)20(10(3)28-17)31-16-6-13(23)18(9(2)27-16)29-11(4)21/h8-10,12-20,22-25H,5-7H2,1-4H3/t8-,9-,10-,12+,13+,14+,15-,16+,17+,18-,19-,20-/m1/s1. The third-order valence-electron chi connectivity index (χ3n) is 5.86. The van der Waals surface area contributed by atoms with Gasteiger partial charge in [-0.25, -0.2) is 0 Å². The van der Waals surface area contributed by atoms with Gasteiger partial charge in [-0.15, -0.1) is 0 Å². The molecule has 31 heavy (non-hydrogen) atoms. The molecule has 0 aromatic heterocycles. The summed E-state index contributed by atoms with van der Waals surface area (Å²) in [6.07, 6.45) is -9.23. The van der Waals surface area contributed by atoms with Gasteiger partial charge < -0.3 is 48.8 Å². The second kappa shape index (κ2) is 10.4. The molecule has 3 fully saturated rings. The Morgan fingerprint density at radius 2 is 1.13 bits per heavy atom. The molecule has 0 aromatic carbocycles. The van der Waals surface area contributed by atoms with E-state index < -0.39 is 79.8 Å². The summed E-state index contributed by atoms with van der Waals surface area (Å²) in [4.78, 5) is 11.2. The first kappa shape index (κ1) is 24.7. The van der Waals surface area contributed by atoms with Gasteiger partial charge in [-0.05, 0) is 20.8 Å². The van der Waals surface area contributed by atoms with Crippen LogP contribution in [0.3, 0.4) is 0 Å². The molecule has 12 atom stereocenters. The molecule has 0 aliphatic carbocycles. The minimum atomic E-state index is -1.05. The van der Waals surface area contributed by atoms with E-state index in [2.05, 4.69) is 0 Å². The maximum Gasteiger partial charge on any atom is 0.303 e. The van der Waals surface area contributed by atoms with Crippen LogP contribution in [-0.2, 0) is 33.2 Å². The normalized spacial score (nSPS) is 48.9. The lowest BCUT2D eigenvalue weighted by Gasteiger charge is -2.44. The van der Waals surface area contributed by atoms with Crippen LogP contribution in [-0.4, -0.2) is 100 Å². The fourth-order valence-electron chi connectivity index (χ4n) is 4.36. The highest BCUT2D eigenvalue weighted by Crippen LogP contribution is 2.31. The summed E-state index contributed by atoms with van der Waals surface area (Å²) in [6, 6.07) is 0. The number of hydrogen-bond acceptors (Lipinski definition) is 11. The van der Waals surface area contributed by atoms with E-state index in [4.69, 9.17) is 28.4 Å². The predicted molar refractivity (Wildman–Crippen MR) is 102 cm³/mol. The van der Waals surface area contributed by atoms with Gasteiger partial charge in [0.25, 0.3) is 0 Å². The number of hydrogen-bond donors (Lipinski definition) is 4. The molecule has 0 amide bonds. The SMILES string of the molecule is CC(=O)O[C@H]1[C@@H](O)C[C@H](O[C@H]2[C@@H](O)C[C@H](O[C@H]3[C@@H](O)C[C@H](O)O[C@@H]3C)O[C@@H]2C)O[C@@H]1C. The molecule has 0 radical (unpaired) electrons. The number of carbonyl (C=O) groups is 1. The van der Waals surface area contributed by atoms with Crippen molar-refractivity contribution in [3.8, 4) is 0 Å². The van der Waals surface area contributed by atoms with Gasteiger partial charge in [-0.2, -0.15) is 0 Å². The van der Waals surface area contributed by atoms with Gasteiger partial charge in [0.2, 0.25) is 0 Å². The molecule has 3 heterocycles. The summed E-state index contributed by atoms with van der Waals surface area (Å²) in [6.45, 7) is 6.33. The Hall–Kier alpha value is -0.890. The number of carbonyl (C=O) groups excluding carboxylic acids is 1. The first-order chi connectivity index (χ1) is 14.5. The smallest absolute Gasteiger partial charge is 0.303 e. The molecule has 3 aliphatic rings. The van der Waals surface area contributed by atoms with Crippen molar-refractivity contribution in [3.63, 3.8) is 0 Å². The summed E-state index contributed by atoms with van der Waals surface area (Å²) in [7, 11) is 0. The van der Waals surface area contributed by atoms with Crippen LogP contribution in [0.1, 0.15) is 47.0 Å². The highest BCUT2D eigenvalue weighted by atomic mass is 16.7. The van der Waals surface area contributed by atoms with E-state index >= 15 is 0 Å². The van der Waals surface area contributed by atoms with Crippen molar-refractivity contribution in [3.05, 3.63) is 0 Å². The number of aliphatic hydroxyl groups excluding tert-OH is 4. The molecule has 11 nitrogen and oxygen atoms in total. The van der Waals surface area contributed by atoms with Gasteiger partial charge >= 0.3 is 5.97 Å².